The highest BCUT2D eigenvalue weighted by Gasteiger charge is 2.31. The molecule has 0 saturated heterocycles. The molecule has 6 nitrogen and oxygen atoms in total. The van der Waals surface area contributed by atoms with E-state index in [4.69, 9.17) is 20.9 Å². The molecule has 0 aromatic heterocycles. The number of nitrogens with two attached hydrogens (primary N) is 2. The second kappa shape index (κ2) is 8.64. The SMILES string of the molecule is Nc1cc(N)cc(C(=O)OC2CCC(C(=O)Oc3ccc(C(F)(F)F)cc3)CC2)c1. The van der Waals surface area contributed by atoms with E-state index in [1.54, 1.807) is 0 Å². The zero-order valence-corrected chi connectivity index (χ0v) is 15.9. The Morgan fingerprint density at radius 2 is 1.47 bits per heavy atom. The van der Waals surface area contributed by atoms with Gasteiger partial charge >= 0.3 is 18.1 Å². The van der Waals surface area contributed by atoms with Crippen LogP contribution in [0.4, 0.5) is 24.5 Å². The number of carbonyl (C=O) groups excluding carboxylic acids is 2. The van der Waals surface area contributed by atoms with Crippen LogP contribution < -0.4 is 16.2 Å². The zero-order chi connectivity index (χ0) is 21.9. The molecular weight excluding hydrogens is 401 g/mol. The first-order valence-electron chi connectivity index (χ1n) is 9.38. The number of anilines is 2. The molecule has 4 N–H and O–H groups in total. The van der Waals surface area contributed by atoms with Crippen LogP contribution >= 0.6 is 0 Å². The summed E-state index contributed by atoms with van der Waals surface area (Å²) in [4.78, 5) is 24.6. The van der Waals surface area contributed by atoms with Crippen LogP contribution in [0.15, 0.2) is 42.5 Å². The van der Waals surface area contributed by atoms with Crippen molar-refractivity contribution in [1.29, 1.82) is 0 Å². The predicted molar refractivity (Wildman–Crippen MR) is 104 cm³/mol. The monoisotopic (exact) mass is 422 g/mol. The lowest BCUT2D eigenvalue weighted by molar-refractivity contribution is -0.140. The summed E-state index contributed by atoms with van der Waals surface area (Å²) in [6.07, 6.45) is -2.98. The average molecular weight is 422 g/mol. The number of hydrogen-bond donors (Lipinski definition) is 2. The standard InChI is InChI=1S/C21H21F3N2O4/c22-21(23,24)14-3-7-18(8-4-14)29-19(27)12-1-5-17(6-2-12)30-20(28)13-9-15(25)11-16(26)10-13/h3-4,7-12,17H,1-2,5-6,25-26H2. The third kappa shape index (κ3) is 5.43. The molecule has 0 aliphatic heterocycles. The molecule has 1 aliphatic carbocycles. The Morgan fingerprint density at radius 1 is 0.900 bits per heavy atom. The number of ether oxygens (including phenoxy) is 2. The summed E-state index contributed by atoms with van der Waals surface area (Å²) in [5.41, 5.74) is 11.5. The number of halogens is 3. The Kier molecular flexibility index (Phi) is 6.19. The molecule has 1 saturated carbocycles. The van der Waals surface area contributed by atoms with E-state index in [2.05, 4.69) is 0 Å². The molecule has 0 spiro atoms. The van der Waals surface area contributed by atoms with Crippen molar-refractivity contribution >= 4 is 23.3 Å². The van der Waals surface area contributed by atoms with E-state index in [0.717, 1.165) is 24.3 Å². The second-order valence-corrected chi connectivity index (χ2v) is 7.21. The van der Waals surface area contributed by atoms with E-state index >= 15 is 0 Å². The number of benzene rings is 2. The van der Waals surface area contributed by atoms with Crippen LogP contribution in [0, 0.1) is 5.92 Å². The highest BCUT2D eigenvalue weighted by Crippen LogP contribution is 2.32. The molecule has 1 aliphatic rings. The van der Waals surface area contributed by atoms with Crippen LogP contribution in [-0.2, 0) is 15.7 Å². The van der Waals surface area contributed by atoms with Crippen molar-refractivity contribution < 1.29 is 32.2 Å². The fraction of sp³-hybridized carbons (Fsp3) is 0.333. The van der Waals surface area contributed by atoms with Gasteiger partial charge in [0.15, 0.2) is 0 Å². The summed E-state index contributed by atoms with van der Waals surface area (Å²) in [5, 5.41) is 0. The van der Waals surface area contributed by atoms with Gasteiger partial charge in [-0.2, -0.15) is 13.2 Å². The Labute approximate surface area is 170 Å². The van der Waals surface area contributed by atoms with Gasteiger partial charge in [-0.1, -0.05) is 0 Å². The molecule has 0 heterocycles. The lowest BCUT2D eigenvalue weighted by atomic mass is 9.87. The zero-order valence-electron chi connectivity index (χ0n) is 15.9. The van der Waals surface area contributed by atoms with Crippen LogP contribution in [0.3, 0.4) is 0 Å². The summed E-state index contributed by atoms with van der Waals surface area (Å²) in [6, 6.07) is 8.45. The van der Waals surface area contributed by atoms with Crippen LogP contribution in [0.2, 0.25) is 0 Å². The molecular formula is C21H21F3N2O4. The number of nitrogen functional groups attached to an aromatic ring is 2. The van der Waals surface area contributed by atoms with E-state index in [-0.39, 0.29) is 17.4 Å². The Bertz CT molecular complexity index is 901. The van der Waals surface area contributed by atoms with E-state index in [1.165, 1.54) is 18.2 Å². The molecule has 0 atom stereocenters. The molecule has 160 valence electrons. The minimum Gasteiger partial charge on any atom is -0.459 e. The van der Waals surface area contributed by atoms with E-state index < -0.39 is 29.6 Å². The predicted octanol–water partition coefficient (Wildman–Crippen LogP) is 4.19. The third-order valence-corrected chi connectivity index (χ3v) is 4.89. The van der Waals surface area contributed by atoms with Crippen molar-refractivity contribution in [3.63, 3.8) is 0 Å². The first-order chi connectivity index (χ1) is 14.1. The maximum atomic E-state index is 12.6. The summed E-state index contributed by atoms with van der Waals surface area (Å²) in [6.45, 7) is 0. The lowest BCUT2D eigenvalue weighted by Crippen LogP contribution is -2.30. The molecule has 0 radical (unpaired) electrons. The molecule has 9 heteroatoms. The average Bonchev–Trinajstić information content (AvgIpc) is 2.67. The minimum atomic E-state index is -4.45. The van der Waals surface area contributed by atoms with Gasteiger partial charge in [0.2, 0.25) is 0 Å². The van der Waals surface area contributed by atoms with Crippen LogP contribution in [-0.4, -0.2) is 18.0 Å². The summed E-state index contributed by atoms with van der Waals surface area (Å²) < 4.78 is 48.4. The Hall–Kier alpha value is -3.23. The number of carbonyl (C=O) groups is 2. The fourth-order valence-electron chi connectivity index (χ4n) is 3.34. The second-order valence-electron chi connectivity index (χ2n) is 7.21. The summed E-state index contributed by atoms with van der Waals surface area (Å²) in [7, 11) is 0. The molecule has 0 amide bonds. The van der Waals surface area contributed by atoms with Crippen LogP contribution in [0.25, 0.3) is 0 Å². The smallest absolute Gasteiger partial charge is 0.416 e. The van der Waals surface area contributed by atoms with Crippen molar-refractivity contribution in [2.45, 2.75) is 38.0 Å². The van der Waals surface area contributed by atoms with Gasteiger partial charge in [-0.15, -0.1) is 0 Å². The first-order valence-corrected chi connectivity index (χ1v) is 9.38. The molecule has 2 aromatic carbocycles. The summed E-state index contributed by atoms with van der Waals surface area (Å²) >= 11 is 0. The van der Waals surface area contributed by atoms with E-state index in [0.29, 0.717) is 37.1 Å². The molecule has 1 fully saturated rings. The van der Waals surface area contributed by atoms with Crippen molar-refractivity contribution in [2.75, 3.05) is 11.5 Å². The number of rotatable bonds is 4. The van der Waals surface area contributed by atoms with Crippen LogP contribution in [0.5, 0.6) is 5.75 Å². The summed E-state index contributed by atoms with van der Waals surface area (Å²) in [5.74, 6) is -1.40. The van der Waals surface area contributed by atoms with Crippen molar-refractivity contribution in [2.24, 2.45) is 5.92 Å². The first kappa shape index (κ1) is 21.5. The molecule has 0 unspecified atom stereocenters. The van der Waals surface area contributed by atoms with Crippen molar-refractivity contribution in [3.8, 4) is 5.75 Å². The molecule has 30 heavy (non-hydrogen) atoms. The van der Waals surface area contributed by atoms with Crippen molar-refractivity contribution in [1.82, 2.24) is 0 Å². The van der Waals surface area contributed by atoms with Gasteiger partial charge in [-0.25, -0.2) is 4.79 Å². The van der Waals surface area contributed by atoms with Gasteiger partial charge in [0.05, 0.1) is 17.0 Å². The number of hydrogen-bond acceptors (Lipinski definition) is 6. The molecule has 3 rings (SSSR count). The van der Waals surface area contributed by atoms with Gasteiger partial charge in [-0.05, 0) is 68.1 Å². The number of esters is 2. The maximum Gasteiger partial charge on any atom is 0.416 e. The minimum absolute atomic E-state index is 0.0563. The van der Waals surface area contributed by atoms with Gasteiger partial charge in [0.1, 0.15) is 11.9 Å². The quantitative estimate of drug-likeness (QED) is 0.435. The normalized spacial score (nSPS) is 19.2. The third-order valence-electron chi connectivity index (χ3n) is 4.89. The number of alkyl halides is 3. The molecule has 0 bridgehead atoms. The Balaban J connectivity index is 1.50. The van der Waals surface area contributed by atoms with Gasteiger partial charge in [0.25, 0.3) is 0 Å². The molecule has 2 aromatic rings. The van der Waals surface area contributed by atoms with Gasteiger partial charge in [0, 0.05) is 11.4 Å². The Morgan fingerprint density at radius 3 is 2.00 bits per heavy atom. The highest BCUT2D eigenvalue weighted by atomic mass is 19.4. The van der Waals surface area contributed by atoms with E-state index in [1.807, 2.05) is 0 Å². The van der Waals surface area contributed by atoms with Crippen LogP contribution in [0.1, 0.15) is 41.6 Å². The van der Waals surface area contributed by atoms with Gasteiger partial charge in [-0.3, -0.25) is 4.79 Å². The topological polar surface area (TPSA) is 105 Å². The highest BCUT2D eigenvalue weighted by molar-refractivity contribution is 5.91. The lowest BCUT2D eigenvalue weighted by Gasteiger charge is -2.27. The van der Waals surface area contributed by atoms with Gasteiger partial charge < -0.3 is 20.9 Å². The maximum absolute atomic E-state index is 12.6. The largest absolute Gasteiger partial charge is 0.459 e. The van der Waals surface area contributed by atoms with E-state index in [9.17, 15) is 22.8 Å². The van der Waals surface area contributed by atoms with Crippen molar-refractivity contribution in [3.05, 3.63) is 53.6 Å². The fourth-order valence-corrected chi connectivity index (χ4v) is 3.34.